The molecule has 2 amide bonds. The molecule has 172 valence electrons. The quantitative estimate of drug-likeness (QED) is 0.576. The van der Waals surface area contributed by atoms with Crippen molar-refractivity contribution in [3.63, 3.8) is 0 Å². The van der Waals surface area contributed by atoms with Crippen molar-refractivity contribution in [3.8, 4) is 0 Å². The Morgan fingerprint density at radius 2 is 1.78 bits per heavy atom. The zero-order valence-corrected chi connectivity index (χ0v) is 18.6. The first-order valence-corrected chi connectivity index (χ1v) is 11.2. The standard InChI is InChI=1S/C25H32FN3O3/c1-20(18-28-14-16-32-17-15-28)29(19-21-6-3-2-4-7-21)24(30)8-5-13-27-25(31)22-9-11-23(26)12-10-22/h2-4,6-7,9-12,20H,5,8,13-19H2,1H3,(H,27,31). The van der Waals surface area contributed by atoms with Crippen LogP contribution in [0.25, 0.3) is 0 Å². The molecule has 0 saturated carbocycles. The Morgan fingerprint density at radius 3 is 2.47 bits per heavy atom. The first-order chi connectivity index (χ1) is 15.5. The maximum absolute atomic E-state index is 13.1. The highest BCUT2D eigenvalue weighted by molar-refractivity contribution is 5.94. The van der Waals surface area contributed by atoms with Gasteiger partial charge in [-0.2, -0.15) is 0 Å². The zero-order chi connectivity index (χ0) is 22.8. The zero-order valence-electron chi connectivity index (χ0n) is 18.6. The molecular formula is C25H32FN3O3. The normalized spacial score (nSPS) is 15.2. The summed E-state index contributed by atoms with van der Waals surface area (Å²) in [5, 5.41) is 2.80. The molecule has 1 unspecified atom stereocenters. The highest BCUT2D eigenvalue weighted by Gasteiger charge is 2.23. The molecule has 1 fully saturated rings. The molecule has 6 nitrogen and oxygen atoms in total. The third-order valence-electron chi connectivity index (χ3n) is 5.63. The average Bonchev–Trinajstić information content (AvgIpc) is 2.81. The van der Waals surface area contributed by atoms with E-state index in [1.165, 1.54) is 24.3 Å². The Morgan fingerprint density at radius 1 is 1.09 bits per heavy atom. The van der Waals surface area contributed by atoms with Gasteiger partial charge in [0.2, 0.25) is 5.91 Å². The smallest absolute Gasteiger partial charge is 0.251 e. The molecule has 0 spiro atoms. The van der Waals surface area contributed by atoms with E-state index < -0.39 is 0 Å². The van der Waals surface area contributed by atoms with Crippen LogP contribution in [0.15, 0.2) is 54.6 Å². The molecule has 3 rings (SSSR count). The van der Waals surface area contributed by atoms with Crippen LogP contribution in [0.3, 0.4) is 0 Å². The molecule has 0 aromatic heterocycles. The Bertz CT molecular complexity index is 854. The van der Waals surface area contributed by atoms with Crippen LogP contribution in [0, 0.1) is 5.82 Å². The number of carbonyl (C=O) groups is 2. The van der Waals surface area contributed by atoms with Crippen molar-refractivity contribution in [3.05, 3.63) is 71.5 Å². The molecule has 7 heteroatoms. The molecule has 1 atom stereocenters. The lowest BCUT2D eigenvalue weighted by atomic mass is 10.1. The van der Waals surface area contributed by atoms with Gasteiger partial charge in [-0.3, -0.25) is 14.5 Å². The Kier molecular flexibility index (Phi) is 9.19. The summed E-state index contributed by atoms with van der Waals surface area (Å²) in [5.74, 6) is -0.568. The summed E-state index contributed by atoms with van der Waals surface area (Å²) in [6, 6.07) is 15.5. The minimum absolute atomic E-state index is 0.0645. The summed E-state index contributed by atoms with van der Waals surface area (Å²) in [6.45, 7) is 7.07. The largest absolute Gasteiger partial charge is 0.379 e. The lowest BCUT2D eigenvalue weighted by Crippen LogP contribution is -2.48. The fourth-order valence-electron chi connectivity index (χ4n) is 3.81. The second-order valence-electron chi connectivity index (χ2n) is 8.14. The van der Waals surface area contributed by atoms with Gasteiger partial charge >= 0.3 is 0 Å². The maximum atomic E-state index is 13.1. The van der Waals surface area contributed by atoms with Crippen molar-refractivity contribution in [1.29, 1.82) is 0 Å². The fraction of sp³-hybridized carbons (Fsp3) is 0.440. The van der Waals surface area contributed by atoms with Gasteiger partial charge in [0, 0.05) is 50.7 Å². The summed E-state index contributed by atoms with van der Waals surface area (Å²) in [4.78, 5) is 29.5. The second kappa shape index (κ2) is 12.3. The van der Waals surface area contributed by atoms with Crippen molar-refractivity contribution >= 4 is 11.8 Å². The van der Waals surface area contributed by atoms with Crippen LogP contribution >= 0.6 is 0 Å². The Hall–Kier alpha value is -2.77. The number of hydrogen-bond donors (Lipinski definition) is 1. The van der Waals surface area contributed by atoms with Gasteiger partial charge in [-0.25, -0.2) is 4.39 Å². The van der Waals surface area contributed by atoms with Crippen molar-refractivity contribution in [2.45, 2.75) is 32.4 Å². The van der Waals surface area contributed by atoms with E-state index in [2.05, 4.69) is 17.1 Å². The average molecular weight is 442 g/mol. The molecule has 2 aromatic carbocycles. The van der Waals surface area contributed by atoms with Gasteiger partial charge in [-0.1, -0.05) is 30.3 Å². The van der Waals surface area contributed by atoms with Gasteiger partial charge in [0.15, 0.2) is 0 Å². The highest BCUT2D eigenvalue weighted by atomic mass is 19.1. The van der Waals surface area contributed by atoms with E-state index in [1.54, 1.807) is 0 Å². The van der Waals surface area contributed by atoms with Crippen molar-refractivity contribution in [2.75, 3.05) is 39.4 Å². The summed E-state index contributed by atoms with van der Waals surface area (Å²) in [6.07, 6.45) is 0.894. The number of carbonyl (C=O) groups excluding carboxylic acids is 2. The van der Waals surface area contributed by atoms with Crippen LogP contribution in [0.1, 0.15) is 35.7 Å². The van der Waals surface area contributed by atoms with Crippen LogP contribution in [-0.2, 0) is 16.1 Å². The van der Waals surface area contributed by atoms with Crippen LogP contribution in [0.5, 0.6) is 0 Å². The third-order valence-corrected chi connectivity index (χ3v) is 5.63. The van der Waals surface area contributed by atoms with E-state index in [0.717, 1.165) is 38.4 Å². The van der Waals surface area contributed by atoms with E-state index in [1.807, 2.05) is 35.2 Å². The van der Waals surface area contributed by atoms with E-state index >= 15 is 0 Å². The summed E-state index contributed by atoms with van der Waals surface area (Å²) in [7, 11) is 0. The van der Waals surface area contributed by atoms with Crippen LogP contribution < -0.4 is 5.32 Å². The number of benzene rings is 2. The van der Waals surface area contributed by atoms with Crippen LogP contribution in [0.2, 0.25) is 0 Å². The van der Waals surface area contributed by atoms with Gasteiger partial charge in [0.1, 0.15) is 5.82 Å². The minimum atomic E-state index is -0.378. The lowest BCUT2D eigenvalue weighted by Gasteiger charge is -2.35. The van der Waals surface area contributed by atoms with E-state index in [9.17, 15) is 14.0 Å². The first-order valence-electron chi connectivity index (χ1n) is 11.2. The molecule has 1 aliphatic heterocycles. The van der Waals surface area contributed by atoms with E-state index in [0.29, 0.717) is 31.5 Å². The Balaban J connectivity index is 1.52. The molecular weight excluding hydrogens is 409 g/mol. The van der Waals surface area contributed by atoms with Gasteiger partial charge in [0.25, 0.3) is 5.91 Å². The number of morpholine rings is 1. The second-order valence-corrected chi connectivity index (χ2v) is 8.14. The van der Waals surface area contributed by atoms with Crippen molar-refractivity contribution in [2.24, 2.45) is 0 Å². The maximum Gasteiger partial charge on any atom is 0.251 e. The van der Waals surface area contributed by atoms with E-state index in [-0.39, 0.29) is 23.7 Å². The topological polar surface area (TPSA) is 61.9 Å². The van der Waals surface area contributed by atoms with Gasteiger partial charge in [-0.05, 0) is 43.2 Å². The number of nitrogens with one attached hydrogen (secondary N) is 1. The van der Waals surface area contributed by atoms with Crippen molar-refractivity contribution < 1.29 is 18.7 Å². The number of rotatable bonds is 10. The molecule has 0 bridgehead atoms. The van der Waals surface area contributed by atoms with Crippen LogP contribution in [0.4, 0.5) is 4.39 Å². The molecule has 0 radical (unpaired) electrons. The predicted octanol–water partition coefficient (Wildman–Crippen LogP) is 3.09. The number of amides is 2. The molecule has 1 aliphatic rings. The molecule has 32 heavy (non-hydrogen) atoms. The first kappa shape index (κ1) is 23.9. The van der Waals surface area contributed by atoms with Crippen molar-refractivity contribution in [1.82, 2.24) is 15.1 Å². The summed E-state index contributed by atoms with van der Waals surface area (Å²) in [5.41, 5.74) is 1.50. The number of nitrogens with zero attached hydrogens (tertiary/aromatic N) is 2. The minimum Gasteiger partial charge on any atom is -0.379 e. The molecule has 1 N–H and O–H groups in total. The number of halogens is 1. The number of hydrogen-bond acceptors (Lipinski definition) is 4. The highest BCUT2D eigenvalue weighted by Crippen LogP contribution is 2.13. The molecule has 1 saturated heterocycles. The van der Waals surface area contributed by atoms with Gasteiger partial charge < -0.3 is 15.0 Å². The van der Waals surface area contributed by atoms with Gasteiger partial charge in [-0.15, -0.1) is 0 Å². The van der Waals surface area contributed by atoms with Gasteiger partial charge in [0.05, 0.1) is 13.2 Å². The van der Waals surface area contributed by atoms with Crippen LogP contribution in [-0.4, -0.2) is 67.0 Å². The summed E-state index contributed by atoms with van der Waals surface area (Å²) < 4.78 is 18.4. The molecule has 1 heterocycles. The molecule has 0 aliphatic carbocycles. The summed E-state index contributed by atoms with van der Waals surface area (Å²) >= 11 is 0. The monoisotopic (exact) mass is 441 g/mol. The SMILES string of the molecule is CC(CN1CCOCC1)N(Cc1ccccc1)C(=O)CCCNC(=O)c1ccc(F)cc1. The molecule has 2 aromatic rings. The predicted molar refractivity (Wildman–Crippen MR) is 122 cm³/mol. The fourth-order valence-corrected chi connectivity index (χ4v) is 3.81. The number of ether oxygens (including phenoxy) is 1. The lowest BCUT2D eigenvalue weighted by molar-refractivity contribution is -0.134. The Labute approximate surface area is 189 Å². The van der Waals surface area contributed by atoms with E-state index in [4.69, 9.17) is 4.74 Å². The third kappa shape index (κ3) is 7.43.